The van der Waals surface area contributed by atoms with Crippen LogP contribution in [0.4, 0.5) is 5.82 Å². The van der Waals surface area contributed by atoms with E-state index in [1.807, 2.05) is 12.3 Å². The molecule has 1 aromatic carbocycles. The van der Waals surface area contributed by atoms with Crippen molar-refractivity contribution in [3.05, 3.63) is 58.8 Å². The molecule has 0 spiro atoms. The number of rotatable bonds is 4. The molecule has 0 saturated carbocycles. The van der Waals surface area contributed by atoms with E-state index in [2.05, 4.69) is 34.6 Å². The summed E-state index contributed by atoms with van der Waals surface area (Å²) in [7, 11) is 0. The Kier molecular flexibility index (Phi) is 3.97. The van der Waals surface area contributed by atoms with Gasteiger partial charge in [0.15, 0.2) is 0 Å². The summed E-state index contributed by atoms with van der Waals surface area (Å²) in [6.45, 7) is 0.890. The Balaban J connectivity index is 1.69. The molecule has 108 valence electrons. The molecule has 0 fully saturated rings. The summed E-state index contributed by atoms with van der Waals surface area (Å²) in [5.74, 6) is 0.472. The summed E-state index contributed by atoms with van der Waals surface area (Å²) in [5, 5.41) is 11.1. The Morgan fingerprint density at radius 2 is 2.14 bits per heavy atom. The van der Waals surface area contributed by atoms with Crippen LogP contribution >= 0.6 is 0 Å². The molecule has 21 heavy (non-hydrogen) atoms. The fourth-order valence-corrected chi connectivity index (χ4v) is 2.97. The molecule has 4 nitrogen and oxygen atoms in total. The lowest BCUT2D eigenvalue weighted by molar-refractivity contribution is 0.457. The predicted molar refractivity (Wildman–Crippen MR) is 85.6 cm³/mol. The largest absolute Gasteiger partial charge is 0.383 e. The molecule has 1 aromatic heterocycles. The standard InChI is InChI=1S/C17H20N4/c18-9-16-15-7-6-14(8-13(15)11-21-17(16)19)20-10-12-4-2-1-3-5-12/h1-5,9,11,14,18,20H,6-8,10H2,(H2,19,21). The summed E-state index contributed by atoms with van der Waals surface area (Å²) < 4.78 is 0. The van der Waals surface area contributed by atoms with Gasteiger partial charge in [-0.15, -0.1) is 0 Å². The van der Waals surface area contributed by atoms with Gasteiger partial charge < -0.3 is 16.5 Å². The van der Waals surface area contributed by atoms with Crippen molar-refractivity contribution in [2.45, 2.75) is 31.8 Å². The molecular formula is C17H20N4. The summed E-state index contributed by atoms with van der Waals surface area (Å²) in [5.41, 5.74) is 10.4. The monoisotopic (exact) mass is 280 g/mol. The first-order valence-electron chi connectivity index (χ1n) is 7.32. The van der Waals surface area contributed by atoms with Crippen LogP contribution in [-0.4, -0.2) is 17.2 Å². The molecule has 3 rings (SSSR count). The van der Waals surface area contributed by atoms with Crippen molar-refractivity contribution < 1.29 is 0 Å². The first-order valence-corrected chi connectivity index (χ1v) is 7.32. The number of nitrogens with zero attached hydrogens (tertiary/aromatic N) is 1. The van der Waals surface area contributed by atoms with Gasteiger partial charge in [-0.05, 0) is 36.0 Å². The van der Waals surface area contributed by atoms with Crippen LogP contribution in [0.25, 0.3) is 0 Å². The van der Waals surface area contributed by atoms with Crippen LogP contribution in [-0.2, 0) is 19.4 Å². The van der Waals surface area contributed by atoms with Crippen molar-refractivity contribution >= 4 is 12.0 Å². The third-order valence-corrected chi connectivity index (χ3v) is 4.14. The fraction of sp³-hybridized carbons (Fsp3) is 0.294. The molecule has 1 heterocycles. The molecule has 1 aliphatic rings. The minimum Gasteiger partial charge on any atom is -0.383 e. The smallest absolute Gasteiger partial charge is 0.132 e. The topological polar surface area (TPSA) is 74.8 Å². The number of benzene rings is 1. The number of nitrogens with one attached hydrogen (secondary N) is 2. The van der Waals surface area contributed by atoms with E-state index in [4.69, 9.17) is 11.1 Å². The van der Waals surface area contributed by atoms with E-state index in [1.165, 1.54) is 22.9 Å². The normalized spacial score (nSPS) is 17.2. The SMILES string of the molecule is N=Cc1c(N)ncc2c1CCC(NCc1ccccc1)C2. The van der Waals surface area contributed by atoms with Gasteiger partial charge in [0.25, 0.3) is 0 Å². The van der Waals surface area contributed by atoms with Crippen LogP contribution in [0.15, 0.2) is 36.5 Å². The highest BCUT2D eigenvalue weighted by molar-refractivity contribution is 5.86. The first-order chi connectivity index (χ1) is 10.3. The number of hydrogen-bond acceptors (Lipinski definition) is 4. The van der Waals surface area contributed by atoms with Crippen LogP contribution in [0.5, 0.6) is 0 Å². The molecule has 2 aromatic rings. The average Bonchev–Trinajstić information content (AvgIpc) is 2.54. The highest BCUT2D eigenvalue weighted by Crippen LogP contribution is 2.26. The zero-order valence-electron chi connectivity index (χ0n) is 12.0. The lowest BCUT2D eigenvalue weighted by Gasteiger charge is -2.27. The minimum absolute atomic E-state index is 0.460. The Hall–Kier alpha value is -2.20. The Morgan fingerprint density at radius 3 is 2.90 bits per heavy atom. The number of anilines is 1. The van der Waals surface area contributed by atoms with E-state index in [9.17, 15) is 0 Å². The Bertz CT molecular complexity index is 637. The van der Waals surface area contributed by atoms with Crippen molar-refractivity contribution in [3.8, 4) is 0 Å². The second kappa shape index (κ2) is 6.06. The van der Waals surface area contributed by atoms with Crippen LogP contribution in [0.2, 0.25) is 0 Å². The van der Waals surface area contributed by atoms with Crippen molar-refractivity contribution in [1.82, 2.24) is 10.3 Å². The summed E-state index contributed by atoms with van der Waals surface area (Å²) in [4.78, 5) is 4.21. The van der Waals surface area contributed by atoms with Crippen molar-refractivity contribution in [2.24, 2.45) is 0 Å². The molecule has 0 radical (unpaired) electrons. The number of hydrogen-bond donors (Lipinski definition) is 3. The first kappa shape index (κ1) is 13.8. The number of nitrogen functional groups attached to an aromatic ring is 1. The van der Waals surface area contributed by atoms with Gasteiger partial charge in [0.1, 0.15) is 5.82 Å². The van der Waals surface area contributed by atoms with Gasteiger partial charge in [-0.3, -0.25) is 0 Å². The number of aromatic nitrogens is 1. The zero-order chi connectivity index (χ0) is 14.7. The van der Waals surface area contributed by atoms with E-state index < -0.39 is 0 Å². The molecule has 1 aliphatic carbocycles. The van der Waals surface area contributed by atoms with Crippen LogP contribution in [0.3, 0.4) is 0 Å². The highest BCUT2D eigenvalue weighted by Gasteiger charge is 2.21. The van der Waals surface area contributed by atoms with E-state index in [-0.39, 0.29) is 0 Å². The van der Waals surface area contributed by atoms with E-state index in [0.717, 1.165) is 31.4 Å². The average molecular weight is 280 g/mol. The third kappa shape index (κ3) is 2.95. The molecule has 0 bridgehead atoms. The summed E-state index contributed by atoms with van der Waals surface area (Å²) in [6, 6.07) is 10.9. The van der Waals surface area contributed by atoms with Crippen LogP contribution in [0.1, 0.15) is 28.7 Å². The maximum Gasteiger partial charge on any atom is 0.132 e. The highest BCUT2D eigenvalue weighted by atomic mass is 14.9. The number of nitrogens with two attached hydrogens (primary N) is 1. The molecule has 4 heteroatoms. The molecular weight excluding hydrogens is 260 g/mol. The quantitative estimate of drug-likeness (QED) is 0.752. The maximum absolute atomic E-state index is 7.51. The van der Waals surface area contributed by atoms with Gasteiger partial charge in [-0.2, -0.15) is 0 Å². The van der Waals surface area contributed by atoms with Gasteiger partial charge in [0.05, 0.1) is 0 Å². The molecule has 1 unspecified atom stereocenters. The lowest BCUT2D eigenvalue weighted by atomic mass is 9.86. The molecule has 0 amide bonds. The van der Waals surface area contributed by atoms with Crippen LogP contribution in [0, 0.1) is 5.41 Å². The summed E-state index contributed by atoms with van der Waals surface area (Å²) >= 11 is 0. The van der Waals surface area contributed by atoms with E-state index >= 15 is 0 Å². The van der Waals surface area contributed by atoms with Gasteiger partial charge in [-0.25, -0.2) is 4.98 Å². The molecule has 0 saturated heterocycles. The fourth-order valence-electron chi connectivity index (χ4n) is 2.97. The number of pyridine rings is 1. The molecule has 4 N–H and O–H groups in total. The van der Waals surface area contributed by atoms with Crippen molar-refractivity contribution in [3.63, 3.8) is 0 Å². The Morgan fingerprint density at radius 1 is 1.33 bits per heavy atom. The van der Waals surface area contributed by atoms with Gasteiger partial charge in [-0.1, -0.05) is 30.3 Å². The minimum atomic E-state index is 0.460. The summed E-state index contributed by atoms with van der Waals surface area (Å²) in [6.07, 6.45) is 6.19. The van der Waals surface area contributed by atoms with Gasteiger partial charge in [0, 0.05) is 30.6 Å². The predicted octanol–water partition coefficient (Wildman–Crippen LogP) is 2.31. The second-order valence-corrected chi connectivity index (χ2v) is 5.51. The van der Waals surface area contributed by atoms with Crippen molar-refractivity contribution in [1.29, 1.82) is 5.41 Å². The van der Waals surface area contributed by atoms with Crippen LogP contribution < -0.4 is 11.1 Å². The zero-order valence-corrected chi connectivity index (χ0v) is 12.0. The van der Waals surface area contributed by atoms with Gasteiger partial charge in [0.2, 0.25) is 0 Å². The molecule has 1 atom stereocenters. The second-order valence-electron chi connectivity index (χ2n) is 5.51. The maximum atomic E-state index is 7.51. The van der Waals surface area contributed by atoms with E-state index in [0.29, 0.717) is 11.9 Å². The third-order valence-electron chi connectivity index (χ3n) is 4.14. The van der Waals surface area contributed by atoms with Gasteiger partial charge >= 0.3 is 0 Å². The van der Waals surface area contributed by atoms with E-state index in [1.54, 1.807) is 0 Å². The number of fused-ring (bicyclic) bond motifs is 1. The Labute approximate surface area is 124 Å². The lowest BCUT2D eigenvalue weighted by Crippen LogP contribution is -2.34. The van der Waals surface area contributed by atoms with Crippen molar-refractivity contribution in [2.75, 3.05) is 5.73 Å². The molecule has 0 aliphatic heterocycles.